The second-order valence-corrected chi connectivity index (χ2v) is 3.94. The first-order chi connectivity index (χ1) is 7.63. The van der Waals surface area contributed by atoms with Crippen molar-refractivity contribution < 1.29 is 5.11 Å². The van der Waals surface area contributed by atoms with Crippen LogP contribution >= 0.6 is 0 Å². The lowest BCUT2D eigenvalue weighted by molar-refractivity contribution is 0.228. The molecule has 0 unspecified atom stereocenters. The van der Waals surface area contributed by atoms with Gasteiger partial charge in [0.25, 0.3) is 0 Å². The van der Waals surface area contributed by atoms with Crippen LogP contribution in [0.15, 0.2) is 43.0 Å². The molecule has 16 heavy (non-hydrogen) atoms. The third-order valence-electron chi connectivity index (χ3n) is 2.33. The molecule has 0 radical (unpaired) electrons. The van der Waals surface area contributed by atoms with Gasteiger partial charge in [0.15, 0.2) is 0 Å². The maximum Gasteiger partial charge on any atom is 0.0758 e. The van der Waals surface area contributed by atoms with Crippen LogP contribution in [-0.2, 0) is 0 Å². The molecule has 0 bridgehead atoms. The second-order valence-electron chi connectivity index (χ2n) is 3.94. The fraction of sp³-hybridized carbons (Fsp3) is 0.286. The third-order valence-corrected chi connectivity index (χ3v) is 2.33. The lowest BCUT2D eigenvalue weighted by atomic mass is 10.1. The van der Waals surface area contributed by atoms with E-state index in [4.69, 9.17) is 0 Å². The molecule has 0 spiro atoms. The second kappa shape index (κ2) is 6.13. The lowest BCUT2D eigenvalue weighted by Gasteiger charge is -2.11. The van der Waals surface area contributed by atoms with E-state index in [1.165, 1.54) is 5.69 Å². The fourth-order valence-electron chi connectivity index (χ4n) is 1.36. The largest absolute Gasteiger partial charge is 0.389 e. The van der Waals surface area contributed by atoms with Crippen LogP contribution in [0, 0.1) is 0 Å². The summed E-state index contributed by atoms with van der Waals surface area (Å²) in [6, 6.07) is 8.18. The van der Waals surface area contributed by atoms with Crippen molar-refractivity contribution in [1.82, 2.24) is 0 Å². The number of anilines is 1. The Morgan fingerprint density at radius 1 is 1.31 bits per heavy atom. The summed E-state index contributed by atoms with van der Waals surface area (Å²) in [5.74, 6) is 0. The Hall–Kier alpha value is -1.54. The average molecular weight is 217 g/mol. The van der Waals surface area contributed by atoms with Gasteiger partial charge >= 0.3 is 0 Å². The van der Waals surface area contributed by atoms with Crippen molar-refractivity contribution in [3.63, 3.8) is 0 Å². The Balaban J connectivity index is 2.64. The lowest BCUT2D eigenvalue weighted by Crippen LogP contribution is -2.07. The summed E-state index contributed by atoms with van der Waals surface area (Å²) >= 11 is 0. The summed E-state index contributed by atoms with van der Waals surface area (Å²) < 4.78 is 0. The Morgan fingerprint density at radius 3 is 2.44 bits per heavy atom. The molecule has 0 saturated heterocycles. The van der Waals surface area contributed by atoms with Gasteiger partial charge in [-0.05, 0) is 24.1 Å². The highest BCUT2D eigenvalue weighted by Crippen LogP contribution is 2.13. The molecule has 0 saturated carbocycles. The minimum atomic E-state index is -0.439. The van der Waals surface area contributed by atoms with Gasteiger partial charge in [-0.25, -0.2) is 0 Å². The summed E-state index contributed by atoms with van der Waals surface area (Å²) in [5, 5.41) is 9.49. The number of hydrogen-bond acceptors (Lipinski definition) is 2. The molecule has 2 heteroatoms. The molecule has 0 amide bonds. The number of hydrogen-bond donors (Lipinski definition) is 1. The zero-order valence-corrected chi connectivity index (χ0v) is 9.93. The van der Waals surface area contributed by atoms with Gasteiger partial charge < -0.3 is 10.0 Å². The van der Waals surface area contributed by atoms with Crippen molar-refractivity contribution >= 4 is 11.8 Å². The van der Waals surface area contributed by atoms with Crippen LogP contribution in [0.25, 0.3) is 6.08 Å². The predicted molar refractivity (Wildman–Crippen MR) is 70.6 cm³/mol. The molecule has 86 valence electrons. The van der Waals surface area contributed by atoms with Crippen LogP contribution in [0.5, 0.6) is 0 Å². The van der Waals surface area contributed by atoms with Gasteiger partial charge in [-0.2, -0.15) is 0 Å². The monoisotopic (exact) mass is 217 g/mol. The van der Waals surface area contributed by atoms with Crippen molar-refractivity contribution in [1.29, 1.82) is 0 Å². The first-order valence-corrected chi connectivity index (χ1v) is 5.38. The quantitative estimate of drug-likeness (QED) is 0.766. The van der Waals surface area contributed by atoms with Gasteiger partial charge in [-0.3, -0.25) is 0 Å². The van der Waals surface area contributed by atoms with Crippen LogP contribution in [0.4, 0.5) is 5.69 Å². The van der Waals surface area contributed by atoms with E-state index in [9.17, 15) is 5.11 Å². The SMILES string of the molecule is C=CC[C@H](O)/C=C/c1ccc(N(C)C)cc1. The Morgan fingerprint density at radius 2 is 1.94 bits per heavy atom. The molecular weight excluding hydrogens is 198 g/mol. The molecule has 0 heterocycles. The smallest absolute Gasteiger partial charge is 0.0758 e. The van der Waals surface area contributed by atoms with Crippen LogP contribution < -0.4 is 4.90 Å². The molecule has 0 aliphatic heterocycles. The predicted octanol–water partition coefficient (Wildman–Crippen LogP) is 2.70. The fourth-order valence-corrected chi connectivity index (χ4v) is 1.36. The Labute approximate surface area is 97.5 Å². The third kappa shape index (κ3) is 3.91. The van der Waals surface area contributed by atoms with E-state index in [1.54, 1.807) is 12.2 Å². The van der Waals surface area contributed by atoms with Crippen molar-refractivity contribution in [3.8, 4) is 0 Å². The average Bonchev–Trinajstić information content (AvgIpc) is 2.27. The van der Waals surface area contributed by atoms with E-state index in [2.05, 4.69) is 23.6 Å². The highest BCUT2D eigenvalue weighted by atomic mass is 16.3. The summed E-state index contributed by atoms with van der Waals surface area (Å²) in [4.78, 5) is 2.06. The highest BCUT2D eigenvalue weighted by molar-refractivity contribution is 5.55. The first-order valence-electron chi connectivity index (χ1n) is 5.38. The van der Waals surface area contributed by atoms with E-state index in [-0.39, 0.29) is 0 Å². The number of aliphatic hydroxyl groups excluding tert-OH is 1. The van der Waals surface area contributed by atoms with Crippen molar-refractivity contribution in [3.05, 3.63) is 48.6 Å². The molecule has 0 fully saturated rings. The van der Waals surface area contributed by atoms with Crippen LogP contribution in [-0.4, -0.2) is 25.3 Å². The molecule has 0 aliphatic carbocycles. The van der Waals surface area contributed by atoms with Gasteiger partial charge in [0.1, 0.15) is 0 Å². The molecule has 1 atom stereocenters. The first kappa shape index (κ1) is 12.5. The van der Waals surface area contributed by atoms with E-state index in [0.29, 0.717) is 6.42 Å². The molecule has 1 N–H and O–H groups in total. The summed E-state index contributed by atoms with van der Waals surface area (Å²) in [7, 11) is 4.03. The summed E-state index contributed by atoms with van der Waals surface area (Å²) in [5.41, 5.74) is 2.26. The number of rotatable bonds is 5. The minimum absolute atomic E-state index is 0.439. The Bertz CT molecular complexity index is 352. The molecule has 0 aromatic heterocycles. The van der Waals surface area contributed by atoms with E-state index in [0.717, 1.165) is 5.56 Å². The van der Waals surface area contributed by atoms with Crippen LogP contribution in [0.1, 0.15) is 12.0 Å². The highest BCUT2D eigenvalue weighted by Gasteiger charge is 1.96. The molecule has 2 nitrogen and oxygen atoms in total. The van der Waals surface area contributed by atoms with E-state index < -0.39 is 6.10 Å². The number of nitrogens with zero attached hydrogens (tertiary/aromatic N) is 1. The molecular formula is C14H19NO. The van der Waals surface area contributed by atoms with Crippen LogP contribution in [0.3, 0.4) is 0 Å². The molecule has 1 aromatic carbocycles. The van der Waals surface area contributed by atoms with Gasteiger partial charge in [0.05, 0.1) is 6.10 Å². The van der Waals surface area contributed by atoms with Crippen molar-refractivity contribution in [2.45, 2.75) is 12.5 Å². The van der Waals surface area contributed by atoms with E-state index >= 15 is 0 Å². The normalized spacial score (nSPS) is 12.7. The molecule has 1 rings (SSSR count). The van der Waals surface area contributed by atoms with Gasteiger partial charge in [0, 0.05) is 19.8 Å². The zero-order chi connectivity index (χ0) is 12.0. The zero-order valence-electron chi connectivity index (χ0n) is 9.93. The summed E-state index contributed by atoms with van der Waals surface area (Å²) in [6.45, 7) is 3.59. The van der Waals surface area contributed by atoms with Crippen molar-refractivity contribution in [2.75, 3.05) is 19.0 Å². The molecule has 0 aliphatic rings. The summed E-state index contributed by atoms with van der Waals surface area (Å²) in [6.07, 6.45) is 5.57. The van der Waals surface area contributed by atoms with Crippen molar-refractivity contribution in [2.24, 2.45) is 0 Å². The topological polar surface area (TPSA) is 23.5 Å². The number of benzene rings is 1. The van der Waals surface area contributed by atoms with E-state index in [1.807, 2.05) is 32.3 Å². The minimum Gasteiger partial charge on any atom is -0.389 e. The van der Waals surface area contributed by atoms with Gasteiger partial charge in [-0.1, -0.05) is 30.4 Å². The van der Waals surface area contributed by atoms with Gasteiger partial charge in [0.2, 0.25) is 0 Å². The maximum atomic E-state index is 9.49. The standard InChI is InChI=1S/C14H19NO/c1-4-5-14(16)11-8-12-6-9-13(10-7-12)15(2)3/h4,6-11,14,16H,1,5H2,2-3H3/b11-8+/t14-/m0/s1. The number of aliphatic hydroxyl groups is 1. The molecule has 1 aromatic rings. The van der Waals surface area contributed by atoms with Gasteiger partial charge in [-0.15, -0.1) is 6.58 Å². The maximum absolute atomic E-state index is 9.49. The van der Waals surface area contributed by atoms with Crippen LogP contribution in [0.2, 0.25) is 0 Å². The Kier molecular flexibility index (Phi) is 4.80.